The largest absolute Gasteiger partial charge is 0.382 e. The van der Waals surface area contributed by atoms with Gasteiger partial charge in [0.25, 0.3) is 0 Å². The molecule has 0 aliphatic carbocycles. The molecule has 19 heavy (non-hydrogen) atoms. The zero-order chi connectivity index (χ0) is 14.3. The number of nitrogens with two attached hydrogens (primary N) is 1. The van der Waals surface area contributed by atoms with Crippen LogP contribution in [0.5, 0.6) is 0 Å². The highest BCUT2D eigenvalue weighted by atomic mass is 32.2. The lowest BCUT2D eigenvalue weighted by molar-refractivity contribution is 0.149. The van der Waals surface area contributed by atoms with Gasteiger partial charge in [-0.15, -0.1) is 6.58 Å². The molecule has 0 aromatic carbocycles. The molecule has 0 bridgehead atoms. The van der Waals surface area contributed by atoms with Crippen LogP contribution in [0.4, 0.5) is 10.8 Å². The van der Waals surface area contributed by atoms with Crippen LogP contribution in [-0.2, 0) is 14.6 Å². The topological polar surface area (TPSA) is 94.3 Å². The maximum absolute atomic E-state index is 11.9. The van der Waals surface area contributed by atoms with Crippen LogP contribution in [0, 0.1) is 0 Å². The first-order valence-corrected chi connectivity index (χ1v) is 8.36. The summed E-state index contributed by atoms with van der Waals surface area (Å²) in [4.78, 5) is 0.103. The van der Waals surface area contributed by atoms with Gasteiger partial charge < -0.3 is 15.8 Å². The molecule has 6 nitrogen and oxygen atoms in total. The Morgan fingerprint density at radius 3 is 2.89 bits per heavy atom. The molecule has 0 aliphatic rings. The van der Waals surface area contributed by atoms with Gasteiger partial charge in [-0.25, -0.2) is 8.42 Å². The maximum Gasteiger partial charge on any atom is 0.184 e. The molecular formula is C11H19N3O3S2. The lowest BCUT2D eigenvalue weighted by Crippen LogP contribution is -2.13. The third-order valence-corrected chi connectivity index (χ3v) is 5.11. The number of aromatic nitrogens is 1. The van der Waals surface area contributed by atoms with E-state index in [0.29, 0.717) is 24.8 Å². The predicted octanol–water partition coefficient (Wildman–Crippen LogP) is 1.52. The monoisotopic (exact) mass is 305 g/mol. The van der Waals surface area contributed by atoms with Gasteiger partial charge >= 0.3 is 0 Å². The molecule has 1 aromatic rings. The second kappa shape index (κ2) is 7.46. The zero-order valence-corrected chi connectivity index (χ0v) is 12.5. The van der Waals surface area contributed by atoms with Gasteiger partial charge in [0.1, 0.15) is 9.90 Å². The highest BCUT2D eigenvalue weighted by Gasteiger charge is 2.23. The van der Waals surface area contributed by atoms with Crippen LogP contribution in [0.25, 0.3) is 0 Å². The summed E-state index contributed by atoms with van der Waals surface area (Å²) in [5.41, 5.74) is 5.61. The van der Waals surface area contributed by atoms with Crippen molar-refractivity contribution in [2.24, 2.45) is 0 Å². The Bertz CT molecular complexity index is 511. The molecule has 0 unspecified atom stereocenters. The number of sulfone groups is 1. The quantitative estimate of drug-likeness (QED) is 0.530. The van der Waals surface area contributed by atoms with E-state index in [-0.39, 0.29) is 16.5 Å². The van der Waals surface area contributed by atoms with Crippen molar-refractivity contribution in [2.75, 3.05) is 36.6 Å². The fourth-order valence-corrected chi connectivity index (χ4v) is 3.55. The van der Waals surface area contributed by atoms with Gasteiger partial charge in [0.15, 0.2) is 15.7 Å². The summed E-state index contributed by atoms with van der Waals surface area (Å²) >= 11 is 1.05. The molecule has 3 N–H and O–H groups in total. The van der Waals surface area contributed by atoms with Crippen LogP contribution in [0.15, 0.2) is 17.6 Å². The van der Waals surface area contributed by atoms with Crippen LogP contribution in [0.2, 0.25) is 0 Å². The summed E-state index contributed by atoms with van der Waals surface area (Å²) in [5.74, 6) is 0.0575. The summed E-state index contributed by atoms with van der Waals surface area (Å²) in [6.45, 7) is 6.77. The first kappa shape index (κ1) is 15.9. The van der Waals surface area contributed by atoms with E-state index in [1.165, 1.54) is 0 Å². The van der Waals surface area contributed by atoms with Gasteiger partial charge in [0, 0.05) is 6.54 Å². The summed E-state index contributed by atoms with van der Waals surface area (Å²) in [7, 11) is -3.36. The van der Waals surface area contributed by atoms with E-state index >= 15 is 0 Å². The molecule has 1 rings (SSSR count). The molecule has 0 aliphatic heterocycles. The normalized spacial score (nSPS) is 11.4. The second-order valence-corrected chi connectivity index (χ2v) is 6.73. The first-order chi connectivity index (χ1) is 9.03. The summed E-state index contributed by atoms with van der Waals surface area (Å²) in [6.07, 6.45) is 2.58. The molecule has 108 valence electrons. The Kier molecular flexibility index (Phi) is 6.26. The van der Waals surface area contributed by atoms with E-state index in [1.807, 2.05) is 0 Å². The van der Waals surface area contributed by atoms with Crippen molar-refractivity contribution in [1.82, 2.24) is 4.37 Å². The van der Waals surface area contributed by atoms with Crippen LogP contribution < -0.4 is 11.1 Å². The average molecular weight is 305 g/mol. The number of anilines is 2. The summed E-state index contributed by atoms with van der Waals surface area (Å²) in [5, 5.41) is 3.48. The van der Waals surface area contributed by atoms with Gasteiger partial charge in [0.05, 0.1) is 19.0 Å². The van der Waals surface area contributed by atoms with Gasteiger partial charge in [-0.1, -0.05) is 13.0 Å². The minimum atomic E-state index is -3.36. The molecule has 0 radical (unpaired) electrons. The molecule has 0 amide bonds. The molecule has 1 heterocycles. The minimum Gasteiger partial charge on any atom is -0.382 e. The number of nitrogen functional groups attached to an aromatic ring is 1. The van der Waals surface area contributed by atoms with Crippen molar-refractivity contribution in [3.05, 3.63) is 12.7 Å². The summed E-state index contributed by atoms with van der Waals surface area (Å²) < 4.78 is 33.0. The van der Waals surface area contributed by atoms with Gasteiger partial charge in [-0.3, -0.25) is 0 Å². The van der Waals surface area contributed by atoms with Crippen molar-refractivity contribution in [3.63, 3.8) is 0 Å². The van der Waals surface area contributed by atoms with Crippen molar-refractivity contribution in [3.8, 4) is 0 Å². The fraction of sp³-hybridized carbons (Fsp3) is 0.545. The first-order valence-electron chi connectivity index (χ1n) is 5.93. The number of hydrogen-bond acceptors (Lipinski definition) is 7. The Balaban J connectivity index is 2.58. The average Bonchev–Trinajstić information content (AvgIpc) is 2.75. The van der Waals surface area contributed by atoms with E-state index in [4.69, 9.17) is 10.5 Å². The molecule has 0 saturated heterocycles. The summed E-state index contributed by atoms with van der Waals surface area (Å²) in [6, 6.07) is 0. The third-order valence-electron chi connectivity index (χ3n) is 2.36. The minimum absolute atomic E-state index is 0.000127. The number of rotatable bonds is 9. The van der Waals surface area contributed by atoms with Crippen molar-refractivity contribution in [2.45, 2.75) is 18.2 Å². The Labute approximate surface area is 117 Å². The number of ether oxygens (including phenoxy) is 1. The highest BCUT2D eigenvalue weighted by Crippen LogP contribution is 2.31. The van der Waals surface area contributed by atoms with E-state index in [2.05, 4.69) is 16.3 Å². The van der Waals surface area contributed by atoms with E-state index in [0.717, 1.165) is 18.0 Å². The maximum atomic E-state index is 11.9. The Morgan fingerprint density at radius 1 is 1.53 bits per heavy atom. The number of hydrogen-bond donors (Lipinski definition) is 2. The van der Waals surface area contributed by atoms with Gasteiger partial charge in [0.2, 0.25) is 0 Å². The molecule has 1 aromatic heterocycles. The lowest BCUT2D eigenvalue weighted by Gasteiger charge is -2.07. The number of nitrogens with zero attached hydrogens (tertiary/aromatic N) is 1. The molecule has 0 spiro atoms. The second-order valence-electron chi connectivity index (χ2n) is 3.75. The highest BCUT2D eigenvalue weighted by molar-refractivity contribution is 7.91. The number of nitrogens with one attached hydrogen (secondary N) is 1. The lowest BCUT2D eigenvalue weighted by atomic mass is 10.4. The zero-order valence-electron chi connectivity index (χ0n) is 10.9. The van der Waals surface area contributed by atoms with E-state index in [9.17, 15) is 8.42 Å². The van der Waals surface area contributed by atoms with E-state index in [1.54, 1.807) is 13.0 Å². The van der Waals surface area contributed by atoms with Gasteiger partial charge in [-0.05, 0) is 18.0 Å². The molecule has 0 fully saturated rings. The van der Waals surface area contributed by atoms with Crippen molar-refractivity contribution < 1.29 is 13.2 Å². The van der Waals surface area contributed by atoms with Crippen molar-refractivity contribution in [1.29, 1.82) is 0 Å². The Morgan fingerprint density at radius 2 is 2.26 bits per heavy atom. The van der Waals surface area contributed by atoms with E-state index < -0.39 is 9.84 Å². The molecular weight excluding hydrogens is 286 g/mol. The smallest absolute Gasteiger partial charge is 0.184 e. The van der Waals surface area contributed by atoms with Crippen molar-refractivity contribution >= 4 is 32.2 Å². The van der Waals surface area contributed by atoms with Gasteiger partial charge in [-0.2, -0.15) is 4.37 Å². The molecule has 0 saturated carbocycles. The molecule has 0 atom stereocenters. The predicted molar refractivity (Wildman–Crippen MR) is 78.4 cm³/mol. The fourth-order valence-electron chi connectivity index (χ4n) is 1.36. The van der Waals surface area contributed by atoms with Crippen LogP contribution >= 0.6 is 11.5 Å². The van der Waals surface area contributed by atoms with Crippen LogP contribution in [0.1, 0.15) is 13.3 Å². The third kappa shape index (κ3) is 4.48. The molecule has 8 heteroatoms. The SMILES string of the molecule is C=CCCOCCNc1snc(N)c1S(=O)(=O)CC. The van der Waals surface area contributed by atoms with Crippen LogP contribution in [-0.4, -0.2) is 38.3 Å². The standard InChI is InChI=1S/C11H19N3O3S2/c1-3-5-7-17-8-6-13-11-9(10(12)14-18-11)19(15,16)4-2/h3,13H,1,4-8H2,2H3,(H2,12,14). The Hall–Kier alpha value is -1.12. The van der Waals surface area contributed by atoms with Crippen LogP contribution in [0.3, 0.4) is 0 Å².